The zero-order chi connectivity index (χ0) is 12.2. The number of hydrogen-bond donors (Lipinski definition) is 3. The molecule has 0 aliphatic carbocycles. The summed E-state index contributed by atoms with van der Waals surface area (Å²) in [5, 5.41) is 14.7. The van der Waals surface area contributed by atoms with E-state index in [-0.39, 0.29) is 18.6 Å². The average molecular weight is 248 g/mol. The van der Waals surface area contributed by atoms with Gasteiger partial charge in [0.2, 0.25) is 5.91 Å². The van der Waals surface area contributed by atoms with Crippen LogP contribution in [0.15, 0.2) is 0 Å². The van der Waals surface area contributed by atoms with E-state index in [4.69, 9.17) is 5.11 Å². The quantitative estimate of drug-likeness (QED) is 0.496. The van der Waals surface area contributed by atoms with Gasteiger partial charge in [0, 0.05) is 31.4 Å². The van der Waals surface area contributed by atoms with Gasteiger partial charge in [0.1, 0.15) is 0 Å². The van der Waals surface area contributed by atoms with Crippen LogP contribution in [0, 0.1) is 0 Å². The minimum atomic E-state index is 0.108. The number of carbonyl (C=O) groups is 1. The van der Waals surface area contributed by atoms with Gasteiger partial charge >= 0.3 is 0 Å². The van der Waals surface area contributed by atoms with Crippen molar-refractivity contribution in [3.63, 3.8) is 0 Å². The lowest BCUT2D eigenvalue weighted by molar-refractivity contribution is -0.121. The van der Waals surface area contributed by atoms with Crippen LogP contribution in [0.3, 0.4) is 0 Å². The van der Waals surface area contributed by atoms with Crippen LogP contribution in [0.25, 0.3) is 0 Å². The third-order valence-corrected chi connectivity index (χ3v) is 3.13. The first kappa shape index (κ1) is 15.7. The average Bonchev–Trinajstić information content (AvgIpc) is 2.23. The lowest BCUT2D eigenvalue weighted by Gasteiger charge is -2.11. The van der Waals surface area contributed by atoms with Crippen molar-refractivity contribution in [2.24, 2.45) is 0 Å². The zero-order valence-electron chi connectivity index (χ0n) is 10.3. The summed E-state index contributed by atoms with van der Waals surface area (Å²) < 4.78 is 0. The lowest BCUT2D eigenvalue weighted by atomic mass is 10.2. The third kappa shape index (κ3) is 10.3. The van der Waals surface area contributed by atoms with Crippen LogP contribution in [0.4, 0.5) is 0 Å². The van der Waals surface area contributed by atoms with Crippen molar-refractivity contribution in [1.82, 2.24) is 10.6 Å². The van der Waals surface area contributed by atoms with Gasteiger partial charge in [0.05, 0.1) is 0 Å². The number of amides is 1. The van der Waals surface area contributed by atoms with E-state index in [2.05, 4.69) is 10.6 Å². The second-order valence-electron chi connectivity index (χ2n) is 3.70. The van der Waals surface area contributed by atoms with E-state index in [1.54, 1.807) is 11.8 Å². The highest BCUT2D eigenvalue weighted by molar-refractivity contribution is 7.99. The van der Waals surface area contributed by atoms with Gasteiger partial charge < -0.3 is 15.7 Å². The summed E-state index contributed by atoms with van der Waals surface area (Å²) in [6.45, 7) is 5.91. The predicted octanol–water partition coefficient (Wildman–Crippen LogP) is 0.606. The molecule has 0 fully saturated rings. The molecular weight excluding hydrogens is 224 g/mol. The minimum absolute atomic E-state index is 0.108. The van der Waals surface area contributed by atoms with Crippen LogP contribution in [0.1, 0.15) is 26.7 Å². The molecule has 0 aromatic carbocycles. The van der Waals surface area contributed by atoms with E-state index < -0.39 is 0 Å². The first-order chi connectivity index (χ1) is 7.70. The van der Waals surface area contributed by atoms with Crippen LogP contribution in [0.5, 0.6) is 0 Å². The standard InChI is InChI=1S/C11H24N2O2S/c1-3-12-10(2)9-11(15)13-5-8-16-7-4-6-14/h10,12,14H,3-9H2,1-2H3,(H,13,15). The molecule has 0 saturated heterocycles. The van der Waals surface area contributed by atoms with Crippen LogP contribution < -0.4 is 10.6 Å². The number of nitrogens with one attached hydrogen (secondary N) is 2. The summed E-state index contributed by atoms with van der Waals surface area (Å²) in [5.41, 5.74) is 0. The summed E-state index contributed by atoms with van der Waals surface area (Å²) in [5.74, 6) is 1.98. The largest absolute Gasteiger partial charge is 0.396 e. The lowest BCUT2D eigenvalue weighted by Crippen LogP contribution is -2.34. The maximum absolute atomic E-state index is 11.4. The topological polar surface area (TPSA) is 61.4 Å². The maximum atomic E-state index is 11.4. The maximum Gasteiger partial charge on any atom is 0.221 e. The van der Waals surface area contributed by atoms with E-state index in [9.17, 15) is 4.79 Å². The molecule has 0 aromatic heterocycles. The van der Waals surface area contributed by atoms with Gasteiger partial charge in [-0.3, -0.25) is 4.79 Å². The van der Waals surface area contributed by atoms with Crippen molar-refractivity contribution in [1.29, 1.82) is 0 Å². The summed E-state index contributed by atoms with van der Waals surface area (Å²) in [6.07, 6.45) is 1.37. The Kier molecular flexibility index (Phi) is 11.0. The first-order valence-corrected chi connectivity index (χ1v) is 7.04. The molecule has 0 aliphatic rings. The molecule has 3 N–H and O–H groups in total. The Morgan fingerprint density at radius 2 is 2.19 bits per heavy atom. The first-order valence-electron chi connectivity index (χ1n) is 5.89. The summed E-state index contributed by atoms with van der Waals surface area (Å²) in [7, 11) is 0. The summed E-state index contributed by atoms with van der Waals surface area (Å²) >= 11 is 1.76. The fraction of sp³-hybridized carbons (Fsp3) is 0.909. The molecular formula is C11H24N2O2S. The molecule has 0 radical (unpaired) electrons. The Morgan fingerprint density at radius 3 is 2.81 bits per heavy atom. The van der Waals surface area contributed by atoms with E-state index in [1.807, 2.05) is 13.8 Å². The number of rotatable bonds is 10. The molecule has 96 valence electrons. The van der Waals surface area contributed by atoms with Crippen molar-refractivity contribution in [3.05, 3.63) is 0 Å². The van der Waals surface area contributed by atoms with Crippen LogP contribution in [0.2, 0.25) is 0 Å². The number of thioether (sulfide) groups is 1. The SMILES string of the molecule is CCNC(C)CC(=O)NCCSCCCO. The Hall–Kier alpha value is -0.260. The normalized spacial score (nSPS) is 12.4. The monoisotopic (exact) mass is 248 g/mol. The molecule has 0 saturated carbocycles. The van der Waals surface area contributed by atoms with Crippen molar-refractivity contribution >= 4 is 17.7 Å². The van der Waals surface area contributed by atoms with Gasteiger partial charge in [-0.2, -0.15) is 11.8 Å². The molecule has 0 aliphatic heterocycles. The van der Waals surface area contributed by atoms with Gasteiger partial charge in [-0.25, -0.2) is 0 Å². The van der Waals surface area contributed by atoms with E-state index >= 15 is 0 Å². The van der Waals surface area contributed by atoms with Crippen molar-refractivity contribution < 1.29 is 9.90 Å². The Labute approximate surface area is 103 Å². The fourth-order valence-corrected chi connectivity index (χ4v) is 2.09. The van der Waals surface area contributed by atoms with Crippen molar-refractivity contribution in [3.8, 4) is 0 Å². The number of aliphatic hydroxyl groups excluding tert-OH is 1. The molecule has 1 unspecified atom stereocenters. The molecule has 0 aromatic rings. The van der Waals surface area contributed by atoms with Gasteiger partial charge in [-0.05, 0) is 25.6 Å². The fourth-order valence-electron chi connectivity index (χ4n) is 1.30. The minimum Gasteiger partial charge on any atom is -0.396 e. The molecule has 5 heteroatoms. The van der Waals surface area contributed by atoms with Crippen LogP contribution >= 0.6 is 11.8 Å². The van der Waals surface area contributed by atoms with Crippen LogP contribution in [-0.2, 0) is 4.79 Å². The van der Waals surface area contributed by atoms with Crippen LogP contribution in [-0.4, -0.2) is 48.3 Å². The second kappa shape index (κ2) is 11.2. The van der Waals surface area contributed by atoms with Gasteiger partial charge in [0.25, 0.3) is 0 Å². The highest BCUT2D eigenvalue weighted by Gasteiger charge is 2.06. The smallest absolute Gasteiger partial charge is 0.221 e. The molecule has 0 bridgehead atoms. The van der Waals surface area contributed by atoms with Gasteiger partial charge in [-0.15, -0.1) is 0 Å². The Bertz CT molecular complexity index is 179. The number of hydrogen-bond acceptors (Lipinski definition) is 4. The molecule has 4 nitrogen and oxygen atoms in total. The Morgan fingerprint density at radius 1 is 1.44 bits per heavy atom. The van der Waals surface area contributed by atoms with Gasteiger partial charge in [0.15, 0.2) is 0 Å². The molecule has 16 heavy (non-hydrogen) atoms. The molecule has 1 atom stereocenters. The molecule has 0 heterocycles. The summed E-state index contributed by atoms with van der Waals surface area (Å²) in [6, 6.07) is 0.243. The van der Waals surface area contributed by atoms with E-state index in [0.29, 0.717) is 13.0 Å². The molecule has 1 amide bonds. The second-order valence-corrected chi connectivity index (χ2v) is 4.93. The number of carbonyl (C=O) groups excluding carboxylic acids is 1. The third-order valence-electron chi connectivity index (χ3n) is 2.06. The van der Waals surface area contributed by atoms with E-state index in [0.717, 1.165) is 24.5 Å². The van der Waals surface area contributed by atoms with E-state index in [1.165, 1.54) is 0 Å². The predicted molar refractivity (Wildman–Crippen MR) is 69.8 cm³/mol. The zero-order valence-corrected chi connectivity index (χ0v) is 11.1. The van der Waals surface area contributed by atoms with Crippen molar-refractivity contribution in [2.75, 3.05) is 31.2 Å². The van der Waals surface area contributed by atoms with Crippen molar-refractivity contribution in [2.45, 2.75) is 32.7 Å². The highest BCUT2D eigenvalue weighted by Crippen LogP contribution is 2.00. The summed E-state index contributed by atoms with van der Waals surface area (Å²) in [4.78, 5) is 11.4. The molecule has 0 spiro atoms. The highest BCUT2D eigenvalue weighted by atomic mass is 32.2. The molecule has 0 rings (SSSR count). The van der Waals surface area contributed by atoms with Gasteiger partial charge in [-0.1, -0.05) is 6.92 Å². The Balaban J connectivity index is 3.30. The number of aliphatic hydroxyl groups is 1.